The third-order valence-corrected chi connectivity index (χ3v) is 3.72. The molecular weight excluding hydrogens is 360 g/mol. The molecule has 0 bridgehead atoms. The number of aromatic nitrogens is 2. The number of hydrogen-bond acceptors (Lipinski definition) is 5. The van der Waals surface area contributed by atoms with Crippen LogP contribution >= 0.6 is 15.9 Å². The van der Waals surface area contributed by atoms with E-state index in [0.29, 0.717) is 0 Å². The number of benzene rings is 1. The Morgan fingerprint density at radius 3 is 2.23 bits per heavy atom. The Bertz CT molecular complexity index is 852. The van der Waals surface area contributed by atoms with Gasteiger partial charge in [0.2, 0.25) is 11.6 Å². The van der Waals surface area contributed by atoms with Crippen molar-refractivity contribution in [1.29, 1.82) is 0 Å². The van der Waals surface area contributed by atoms with Crippen LogP contribution in [0.3, 0.4) is 0 Å². The average Bonchev–Trinajstić information content (AvgIpc) is 2.53. The van der Waals surface area contributed by atoms with E-state index in [1.54, 1.807) is 0 Å². The number of hydrogen-bond donors (Lipinski definition) is 1. The maximum atomic E-state index is 13.2. The van der Waals surface area contributed by atoms with Gasteiger partial charge in [0, 0.05) is 24.1 Å². The average molecular weight is 366 g/mol. The molecular formula is C14H6BrF2N3O2. The number of allylic oxidation sites excluding steroid dienone is 2. The fourth-order valence-electron chi connectivity index (χ4n) is 1.94. The third kappa shape index (κ3) is 2.31. The molecule has 1 N–H and O–H groups in total. The maximum absolute atomic E-state index is 13.2. The quantitative estimate of drug-likeness (QED) is 0.885. The number of ketones is 2. The summed E-state index contributed by atoms with van der Waals surface area (Å²) in [5.41, 5.74) is -0.139. The second kappa shape index (κ2) is 5.38. The van der Waals surface area contributed by atoms with Gasteiger partial charge in [0.05, 0.1) is 4.48 Å². The molecule has 0 saturated carbocycles. The van der Waals surface area contributed by atoms with Crippen LogP contribution in [0.5, 0.6) is 0 Å². The van der Waals surface area contributed by atoms with Crippen LogP contribution < -0.4 is 5.32 Å². The minimum Gasteiger partial charge on any atom is -0.351 e. The van der Waals surface area contributed by atoms with Gasteiger partial charge in [-0.3, -0.25) is 9.59 Å². The molecule has 0 unspecified atom stereocenters. The summed E-state index contributed by atoms with van der Waals surface area (Å²) in [6, 6.07) is 3.04. The van der Waals surface area contributed by atoms with Gasteiger partial charge in [-0.1, -0.05) is 0 Å². The summed E-state index contributed by atoms with van der Waals surface area (Å²) < 4.78 is 26.1. The highest BCUT2D eigenvalue weighted by molar-refractivity contribution is 9.12. The molecule has 0 aliphatic heterocycles. The third-order valence-electron chi connectivity index (χ3n) is 2.96. The highest BCUT2D eigenvalue weighted by atomic mass is 79.9. The molecule has 0 atom stereocenters. The van der Waals surface area contributed by atoms with Gasteiger partial charge in [0.1, 0.15) is 17.1 Å². The van der Waals surface area contributed by atoms with E-state index in [2.05, 4.69) is 31.2 Å². The predicted molar refractivity (Wildman–Crippen MR) is 76.6 cm³/mol. The summed E-state index contributed by atoms with van der Waals surface area (Å²) in [6.07, 6.45) is 2.59. The number of Topliss-reactive ketones (excluding diaryl/α,β-unsaturated/α-hetero) is 2. The molecule has 0 saturated heterocycles. The number of halogens is 3. The summed E-state index contributed by atoms with van der Waals surface area (Å²) >= 11 is 3.03. The van der Waals surface area contributed by atoms with Crippen LogP contribution in [0, 0.1) is 11.6 Å². The smallest absolute Gasteiger partial charge is 0.231 e. The van der Waals surface area contributed by atoms with E-state index in [1.165, 1.54) is 18.5 Å². The molecule has 0 fully saturated rings. The molecule has 110 valence electrons. The number of carbonyl (C=O) groups is 2. The lowest BCUT2D eigenvalue weighted by Crippen LogP contribution is -2.26. The first kappa shape index (κ1) is 14.5. The molecule has 1 aromatic carbocycles. The van der Waals surface area contributed by atoms with E-state index in [0.717, 1.165) is 12.1 Å². The Balaban J connectivity index is 2.03. The molecule has 3 rings (SSSR count). The van der Waals surface area contributed by atoms with Gasteiger partial charge in [-0.05, 0) is 28.1 Å². The van der Waals surface area contributed by atoms with Gasteiger partial charge in [-0.25, -0.2) is 18.7 Å². The summed E-state index contributed by atoms with van der Waals surface area (Å²) in [5, 5.41) is 2.61. The monoisotopic (exact) mass is 365 g/mol. The first-order valence-corrected chi connectivity index (χ1v) is 6.80. The van der Waals surface area contributed by atoms with Crippen molar-refractivity contribution in [2.45, 2.75) is 0 Å². The molecule has 5 nitrogen and oxygen atoms in total. The number of nitrogens with zero attached hydrogens (tertiary/aromatic N) is 2. The standard InChI is InChI=1S/C14H6BrF2N3O2/c15-9-10(20-6-1-2-7(16)8(17)5-6)14(22)12-11(13(9)21)18-3-4-19-12/h1-5,20H. The largest absolute Gasteiger partial charge is 0.351 e. The lowest BCUT2D eigenvalue weighted by molar-refractivity contribution is 0.0975. The number of anilines is 1. The van der Waals surface area contributed by atoms with Crippen molar-refractivity contribution in [2.75, 3.05) is 5.32 Å². The van der Waals surface area contributed by atoms with Gasteiger partial charge in [0.25, 0.3) is 0 Å². The predicted octanol–water partition coefficient (Wildman–Crippen LogP) is 2.85. The van der Waals surface area contributed by atoms with Crippen LogP contribution in [-0.2, 0) is 0 Å². The molecule has 1 aliphatic rings. The van der Waals surface area contributed by atoms with E-state index >= 15 is 0 Å². The zero-order chi connectivity index (χ0) is 15.9. The topological polar surface area (TPSA) is 72.0 Å². The lowest BCUT2D eigenvalue weighted by atomic mass is 10.0. The number of fused-ring (bicyclic) bond motifs is 1. The summed E-state index contributed by atoms with van der Waals surface area (Å²) in [4.78, 5) is 32.2. The maximum Gasteiger partial charge on any atom is 0.231 e. The molecule has 0 amide bonds. The van der Waals surface area contributed by atoms with E-state index in [9.17, 15) is 18.4 Å². The zero-order valence-corrected chi connectivity index (χ0v) is 12.3. The van der Waals surface area contributed by atoms with Gasteiger partial charge in [-0.15, -0.1) is 0 Å². The van der Waals surface area contributed by atoms with Crippen molar-refractivity contribution in [2.24, 2.45) is 0 Å². The van der Waals surface area contributed by atoms with E-state index < -0.39 is 23.2 Å². The number of rotatable bonds is 2. The summed E-state index contributed by atoms with van der Waals surface area (Å²) in [5.74, 6) is -3.18. The summed E-state index contributed by atoms with van der Waals surface area (Å²) in [7, 11) is 0. The molecule has 8 heteroatoms. The highest BCUT2D eigenvalue weighted by Gasteiger charge is 2.33. The molecule has 2 aromatic rings. The van der Waals surface area contributed by atoms with Crippen LogP contribution in [-0.4, -0.2) is 21.5 Å². The fourth-order valence-corrected chi connectivity index (χ4v) is 2.40. The molecule has 1 aromatic heterocycles. The first-order chi connectivity index (χ1) is 10.5. The molecule has 0 spiro atoms. The van der Waals surface area contributed by atoms with Crippen LogP contribution in [0.2, 0.25) is 0 Å². The van der Waals surface area contributed by atoms with Crippen LogP contribution in [0.15, 0.2) is 40.8 Å². The first-order valence-electron chi connectivity index (χ1n) is 6.01. The van der Waals surface area contributed by atoms with Crippen LogP contribution in [0.1, 0.15) is 21.0 Å². The Morgan fingerprint density at radius 2 is 1.59 bits per heavy atom. The van der Waals surface area contributed by atoms with Crippen molar-refractivity contribution in [1.82, 2.24) is 9.97 Å². The minimum absolute atomic E-state index is 0.0461. The van der Waals surface area contributed by atoms with Crippen LogP contribution in [0.25, 0.3) is 0 Å². The fraction of sp³-hybridized carbons (Fsp3) is 0. The zero-order valence-electron chi connectivity index (χ0n) is 10.7. The SMILES string of the molecule is O=C1C(Br)=C(Nc2ccc(F)c(F)c2)C(=O)c2nccnc21. The summed E-state index contributed by atoms with van der Waals surface area (Å²) in [6.45, 7) is 0. The van der Waals surface area contributed by atoms with E-state index in [-0.39, 0.29) is 27.3 Å². The molecule has 1 heterocycles. The Kier molecular flexibility index (Phi) is 3.53. The highest BCUT2D eigenvalue weighted by Crippen LogP contribution is 2.28. The number of carbonyl (C=O) groups excluding carboxylic acids is 2. The van der Waals surface area contributed by atoms with E-state index in [4.69, 9.17) is 0 Å². The Labute approximate surface area is 131 Å². The van der Waals surface area contributed by atoms with Crippen molar-refractivity contribution < 1.29 is 18.4 Å². The van der Waals surface area contributed by atoms with Crippen molar-refractivity contribution in [3.8, 4) is 0 Å². The van der Waals surface area contributed by atoms with Gasteiger partial charge in [0.15, 0.2) is 11.6 Å². The lowest BCUT2D eigenvalue weighted by Gasteiger charge is -2.17. The number of nitrogens with one attached hydrogen (secondary N) is 1. The van der Waals surface area contributed by atoms with Crippen molar-refractivity contribution >= 4 is 33.2 Å². The minimum atomic E-state index is -1.07. The molecule has 22 heavy (non-hydrogen) atoms. The van der Waals surface area contributed by atoms with Gasteiger partial charge in [-0.2, -0.15) is 0 Å². The Morgan fingerprint density at radius 1 is 0.955 bits per heavy atom. The van der Waals surface area contributed by atoms with Gasteiger partial charge < -0.3 is 5.32 Å². The second-order valence-corrected chi connectivity index (χ2v) is 5.15. The Hall–Kier alpha value is -2.48. The van der Waals surface area contributed by atoms with Crippen molar-refractivity contribution in [3.05, 3.63) is 63.8 Å². The van der Waals surface area contributed by atoms with E-state index in [1.807, 2.05) is 0 Å². The van der Waals surface area contributed by atoms with Crippen molar-refractivity contribution in [3.63, 3.8) is 0 Å². The molecule has 1 aliphatic carbocycles. The normalized spacial score (nSPS) is 14.1. The molecule has 0 radical (unpaired) electrons. The van der Waals surface area contributed by atoms with Crippen LogP contribution in [0.4, 0.5) is 14.5 Å². The second-order valence-electron chi connectivity index (χ2n) is 4.35. The van der Waals surface area contributed by atoms with Gasteiger partial charge >= 0.3 is 0 Å².